The number of carbonyl (C=O) groups excluding carboxylic acids is 1. The highest BCUT2D eigenvalue weighted by molar-refractivity contribution is 5.68. The third-order valence-corrected chi connectivity index (χ3v) is 3.01. The van der Waals surface area contributed by atoms with E-state index in [1.54, 1.807) is 17.0 Å². The highest BCUT2D eigenvalue weighted by Gasteiger charge is 2.34. The molecule has 4 nitrogen and oxygen atoms in total. The third kappa shape index (κ3) is 3.86. The number of carbonyl (C=O) groups is 1. The van der Waals surface area contributed by atoms with Crippen molar-refractivity contribution in [2.24, 2.45) is 0 Å². The van der Waals surface area contributed by atoms with E-state index in [9.17, 15) is 9.18 Å². The van der Waals surface area contributed by atoms with Crippen molar-refractivity contribution < 1.29 is 18.7 Å². The summed E-state index contributed by atoms with van der Waals surface area (Å²) in [6, 6.07) is 4.73. The highest BCUT2D eigenvalue weighted by Crippen LogP contribution is 2.32. The molecule has 116 valence electrons. The third-order valence-electron chi connectivity index (χ3n) is 3.01. The number of fused-ring (bicyclic) bond motifs is 1. The lowest BCUT2D eigenvalue weighted by molar-refractivity contribution is 0.00711. The predicted octanol–water partition coefficient (Wildman–Crippen LogP) is 3.73. The summed E-state index contributed by atoms with van der Waals surface area (Å²) in [5.41, 5.74) is -0.616. The molecule has 0 aromatic heterocycles. The predicted molar refractivity (Wildman–Crippen MR) is 77.8 cm³/mol. The van der Waals surface area contributed by atoms with E-state index >= 15 is 0 Å². The number of rotatable bonds is 0. The van der Waals surface area contributed by atoms with Gasteiger partial charge in [0.1, 0.15) is 11.2 Å². The molecule has 2 rings (SSSR count). The maximum absolute atomic E-state index is 13.9. The Labute approximate surface area is 124 Å². The van der Waals surface area contributed by atoms with Gasteiger partial charge >= 0.3 is 6.09 Å². The van der Waals surface area contributed by atoms with Crippen LogP contribution in [0.25, 0.3) is 0 Å². The van der Waals surface area contributed by atoms with Crippen LogP contribution >= 0.6 is 0 Å². The molecular formula is C16H22FNO3. The van der Waals surface area contributed by atoms with Gasteiger partial charge in [0, 0.05) is 5.56 Å². The summed E-state index contributed by atoms with van der Waals surface area (Å²) in [6.45, 7) is 9.70. The molecule has 1 aromatic rings. The zero-order valence-corrected chi connectivity index (χ0v) is 13.2. The number of amides is 1. The molecule has 0 bridgehead atoms. The molecule has 1 amide bonds. The molecule has 0 N–H and O–H groups in total. The van der Waals surface area contributed by atoms with Crippen molar-refractivity contribution in [3.8, 4) is 5.75 Å². The van der Waals surface area contributed by atoms with E-state index in [0.29, 0.717) is 12.1 Å². The Morgan fingerprint density at radius 1 is 1.38 bits per heavy atom. The minimum Gasteiger partial charge on any atom is -0.483 e. The van der Waals surface area contributed by atoms with Crippen LogP contribution < -0.4 is 4.74 Å². The summed E-state index contributed by atoms with van der Waals surface area (Å²) in [5.74, 6) is -0.194. The van der Waals surface area contributed by atoms with Crippen LogP contribution in [0, 0.1) is 5.82 Å². The average molecular weight is 295 g/mol. The summed E-state index contributed by atoms with van der Waals surface area (Å²) in [7, 11) is 0. The summed E-state index contributed by atoms with van der Waals surface area (Å²) in [5, 5.41) is 0. The van der Waals surface area contributed by atoms with Crippen molar-refractivity contribution in [1.82, 2.24) is 4.90 Å². The Morgan fingerprint density at radius 2 is 2.05 bits per heavy atom. The number of ether oxygens (including phenoxy) is 2. The van der Waals surface area contributed by atoms with Gasteiger partial charge < -0.3 is 9.47 Å². The molecule has 0 unspecified atom stereocenters. The van der Waals surface area contributed by atoms with E-state index in [0.717, 1.165) is 0 Å². The van der Waals surface area contributed by atoms with Crippen molar-refractivity contribution >= 4 is 6.09 Å². The zero-order valence-electron chi connectivity index (χ0n) is 13.2. The van der Waals surface area contributed by atoms with Crippen molar-refractivity contribution in [2.75, 3.05) is 6.54 Å². The lowest BCUT2D eigenvalue weighted by atomic mass is 10.1. The van der Waals surface area contributed by atoms with Gasteiger partial charge in [-0.3, -0.25) is 4.90 Å². The van der Waals surface area contributed by atoms with Crippen LogP contribution in [0.5, 0.6) is 5.75 Å². The Morgan fingerprint density at radius 3 is 2.67 bits per heavy atom. The minimum absolute atomic E-state index is 0.216. The molecule has 1 aliphatic rings. The van der Waals surface area contributed by atoms with Crippen molar-refractivity contribution in [3.63, 3.8) is 0 Å². The number of halogens is 1. The maximum atomic E-state index is 13.9. The van der Waals surface area contributed by atoms with Gasteiger partial charge in [0.2, 0.25) is 0 Å². The van der Waals surface area contributed by atoms with Crippen molar-refractivity contribution in [2.45, 2.75) is 52.4 Å². The van der Waals surface area contributed by atoms with Crippen LogP contribution in [0.1, 0.15) is 40.2 Å². The summed E-state index contributed by atoms with van der Waals surface area (Å²) in [4.78, 5) is 13.9. The fourth-order valence-electron chi connectivity index (χ4n) is 2.28. The van der Waals surface area contributed by atoms with E-state index < -0.39 is 23.1 Å². The van der Waals surface area contributed by atoms with Gasteiger partial charge in [-0.05, 0) is 40.7 Å². The monoisotopic (exact) mass is 295 g/mol. The number of para-hydroxylation sites is 1. The molecule has 0 saturated carbocycles. The van der Waals surface area contributed by atoms with Crippen LogP contribution in [-0.4, -0.2) is 28.7 Å². The van der Waals surface area contributed by atoms with E-state index in [2.05, 4.69) is 0 Å². The molecule has 0 fully saturated rings. The molecule has 1 aliphatic heterocycles. The smallest absolute Gasteiger partial charge is 0.410 e. The lowest BCUT2D eigenvalue weighted by Gasteiger charge is -2.31. The summed E-state index contributed by atoms with van der Waals surface area (Å²) >= 11 is 0. The Kier molecular flexibility index (Phi) is 3.87. The number of benzene rings is 1. The lowest BCUT2D eigenvalue weighted by Crippen LogP contribution is -2.45. The standard InChI is InChI=1S/C16H22FNO3/c1-15(2,3)21-14(19)18-9-11-7-6-8-12(17)13(11)20-16(4,5)10-18/h6-8H,9-10H2,1-5H3. The van der Waals surface area contributed by atoms with Gasteiger partial charge in [0.25, 0.3) is 0 Å². The van der Waals surface area contributed by atoms with E-state index in [4.69, 9.17) is 9.47 Å². The van der Waals surface area contributed by atoms with Gasteiger partial charge in [0.15, 0.2) is 11.6 Å². The quantitative estimate of drug-likeness (QED) is 0.732. The number of hydrogen-bond donors (Lipinski definition) is 0. The molecule has 0 aliphatic carbocycles. The largest absolute Gasteiger partial charge is 0.483 e. The summed E-state index contributed by atoms with van der Waals surface area (Å²) in [6.07, 6.45) is -0.420. The molecule has 1 aromatic carbocycles. The fourth-order valence-corrected chi connectivity index (χ4v) is 2.28. The van der Waals surface area contributed by atoms with E-state index in [1.807, 2.05) is 34.6 Å². The second-order valence-electron chi connectivity index (χ2n) is 6.93. The van der Waals surface area contributed by atoms with Crippen molar-refractivity contribution in [1.29, 1.82) is 0 Å². The molecule has 1 heterocycles. The minimum atomic E-state index is -0.690. The topological polar surface area (TPSA) is 38.8 Å². The van der Waals surface area contributed by atoms with Gasteiger partial charge in [-0.1, -0.05) is 12.1 Å². The van der Waals surface area contributed by atoms with Crippen LogP contribution in [-0.2, 0) is 11.3 Å². The first-order valence-electron chi connectivity index (χ1n) is 7.02. The van der Waals surface area contributed by atoms with Gasteiger partial charge in [-0.25, -0.2) is 9.18 Å². The average Bonchev–Trinajstić information content (AvgIpc) is 2.43. The first kappa shape index (κ1) is 15.6. The first-order chi connectivity index (χ1) is 9.57. The van der Waals surface area contributed by atoms with Crippen molar-refractivity contribution in [3.05, 3.63) is 29.6 Å². The van der Waals surface area contributed by atoms with Gasteiger partial charge in [0.05, 0.1) is 13.1 Å². The molecule has 0 radical (unpaired) electrons. The molecule has 0 saturated heterocycles. The van der Waals surface area contributed by atoms with Gasteiger partial charge in [-0.2, -0.15) is 0 Å². The molecule has 5 heteroatoms. The van der Waals surface area contributed by atoms with Crippen LogP contribution in [0.3, 0.4) is 0 Å². The fraction of sp³-hybridized carbons (Fsp3) is 0.562. The summed E-state index contributed by atoms with van der Waals surface area (Å²) < 4.78 is 25.1. The SMILES string of the molecule is CC(C)(C)OC(=O)N1Cc2cccc(F)c2OC(C)(C)C1. The van der Waals surface area contributed by atoms with Gasteiger partial charge in [-0.15, -0.1) is 0 Å². The van der Waals surface area contributed by atoms with Crippen LogP contribution in [0.4, 0.5) is 9.18 Å². The molecule has 21 heavy (non-hydrogen) atoms. The van der Waals surface area contributed by atoms with E-state index in [-0.39, 0.29) is 12.3 Å². The number of hydrogen-bond acceptors (Lipinski definition) is 3. The second-order valence-corrected chi connectivity index (χ2v) is 6.93. The Bertz CT molecular complexity index is 549. The zero-order chi connectivity index (χ0) is 15.8. The maximum Gasteiger partial charge on any atom is 0.410 e. The normalized spacial score (nSPS) is 17.5. The Balaban J connectivity index is 2.31. The highest BCUT2D eigenvalue weighted by atomic mass is 19.1. The van der Waals surface area contributed by atoms with Crippen LogP contribution in [0.15, 0.2) is 18.2 Å². The molecular weight excluding hydrogens is 273 g/mol. The molecule has 0 spiro atoms. The number of nitrogens with zero attached hydrogens (tertiary/aromatic N) is 1. The van der Waals surface area contributed by atoms with Crippen LogP contribution in [0.2, 0.25) is 0 Å². The van der Waals surface area contributed by atoms with E-state index in [1.165, 1.54) is 6.07 Å². The molecule has 0 atom stereocenters. The Hall–Kier alpha value is -1.78. The first-order valence-corrected chi connectivity index (χ1v) is 7.02. The second kappa shape index (κ2) is 5.20.